The molecular formula is C17H24N4S. The third-order valence-corrected chi connectivity index (χ3v) is 4.43. The highest BCUT2D eigenvalue weighted by atomic mass is 32.1. The second kappa shape index (κ2) is 8.54. The molecule has 118 valence electrons. The average molecular weight is 316 g/mol. The molecule has 0 aliphatic rings. The summed E-state index contributed by atoms with van der Waals surface area (Å²) in [6, 6.07) is 10.6. The van der Waals surface area contributed by atoms with Crippen LogP contribution in [0.2, 0.25) is 0 Å². The van der Waals surface area contributed by atoms with Gasteiger partial charge in [-0.15, -0.1) is 11.3 Å². The predicted molar refractivity (Wildman–Crippen MR) is 94.5 cm³/mol. The van der Waals surface area contributed by atoms with E-state index in [1.54, 1.807) is 18.4 Å². The van der Waals surface area contributed by atoms with Crippen molar-refractivity contribution in [2.45, 2.75) is 32.7 Å². The lowest BCUT2D eigenvalue weighted by Crippen LogP contribution is -2.39. The molecule has 0 saturated carbocycles. The fourth-order valence-electron chi connectivity index (χ4n) is 2.19. The summed E-state index contributed by atoms with van der Waals surface area (Å²) >= 11 is 1.74. The summed E-state index contributed by atoms with van der Waals surface area (Å²) in [4.78, 5) is 8.76. The molecule has 22 heavy (non-hydrogen) atoms. The van der Waals surface area contributed by atoms with Crippen molar-refractivity contribution in [2.75, 3.05) is 13.6 Å². The van der Waals surface area contributed by atoms with Crippen molar-refractivity contribution in [1.82, 2.24) is 15.6 Å². The molecule has 0 aliphatic carbocycles. The third kappa shape index (κ3) is 5.15. The second-order valence-electron chi connectivity index (χ2n) is 5.26. The summed E-state index contributed by atoms with van der Waals surface area (Å²) in [6.45, 7) is 5.06. The van der Waals surface area contributed by atoms with Crippen LogP contribution in [0.3, 0.4) is 0 Å². The molecule has 0 radical (unpaired) electrons. The second-order valence-corrected chi connectivity index (χ2v) is 6.20. The van der Waals surface area contributed by atoms with E-state index in [4.69, 9.17) is 0 Å². The van der Waals surface area contributed by atoms with Crippen LogP contribution >= 0.6 is 11.3 Å². The van der Waals surface area contributed by atoms with Gasteiger partial charge in [-0.1, -0.05) is 30.3 Å². The van der Waals surface area contributed by atoms with Gasteiger partial charge in [-0.25, -0.2) is 4.98 Å². The van der Waals surface area contributed by atoms with Crippen LogP contribution < -0.4 is 10.6 Å². The molecule has 0 spiro atoms. The van der Waals surface area contributed by atoms with Crippen molar-refractivity contribution in [3.8, 4) is 0 Å². The summed E-state index contributed by atoms with van der Waals surface area (Å²) < 4.78 is 0. The van der Waals surface area contributed by atoms with Crippen LogP contribution in [0, 0.1) is 6.92 Å². The molecule has 0 fully saturated rings. The summed E-state index contributed by atoms with van der Waals surface area (Å²) in [6.07, 6.45) is 2.06. The fourth-order valence-corrected chi connectivity index (χ4v) is 3.01. The lowest BCUT2D eigenvalue weighted by molar-refractivity contribution is 0.673. The van der Waals surface area contributed by atoms with Crippen molar-refractivity contribution < 1.29 is 0 Å². The van der Waals surface area contributed by atoms with Crippen LogP contribution in [0.15, 0.2) is 40.7 Å². The zero-order chi connectivity index (χ0) is 15.8. The minimum absolute atomic E-state index is 0.231. The van der Waals surface area contributed by atoms with E-state index in [-0.39, 0.29) is 6.04 Å². The van der Waals surface area contributed by atoms with Crippen molar-refractivity contribution in [3.63, 3.8) is 0 Å². The van der Waals surface area contributed by atoms with Crippen molar-refractivity contribution >= 4 is 17.3 Å². The van der Waals surface area contributed by atoms with Crippen LogP contribution in [-0.2, 0) is 6.42 Å². The number of hydrogen-bond acceptors (Lipinski definition) is 3. The van der Waals surface area contributed by atoms with Gasteiger partial charge in [-0.2, -0.15) is 0 Å². The number of benzene rings is 1. The van der Waals surface area contributed by atoms with E-state index in [9.17, 15) is 0 Å². The lowest BCUT2D eigenvalue weighted by Gasteiger charge is -2.18. The molecule has 0 aliphatic heterocycles. The van der Waals surface area contributed by atoms with Crippen LogP contribution in [0.1, 0.15) is 35.7 Å². The Morgan fingerprint density at radius 2 is 2.09 bits per heavy atom. The van der Waals surface area contributed by atoms with Crippen LogP contribution in [0.4, 0.5) is 0 Å². The van der Waals surface area contributed by atoms with E-state index in [1.807, 2.05) is 13.0 Å². The highest BCUT2D eigenvalue weighted by molar-refractivity contribution is 7.09. The molecule has 1 aromatic heterocycles. The summed E-state index contributed by atoms with van der Waals surface area (Å²) in [5.74, 6) is 0.840. The first-order valence-corrected chi connectivity index (χ1v) is 8.50. The number of guanidine groups is 1. The average Bonchev–Trinajstić information content (AvgIpc) is 2.96. The number of hydrogen-bond donors (Lipinski definition) is 2. The third-order valence-electron chi connectivity index (χ3n) is 3.40. The fraction of sp³-hybridized carbons (Fsp3) is 0.412. The zero-order valence-electron chi connectivity index (χ0n) is 13.5. The maximum atomic E-state index is 4.48. The molecule has 1 unspecified atom stereocenters. The van der Waals surface area contributed by atoms with Gasteiger partial charge in [-0.3, -0.25) is 4.99 Å². The minimum Gasteiger partial charge on any atom is -0.356 e. The number of rotatable bonds is 6. The largest absolute Gasteiger partial charge is 0.356 e. The van der Waals surface area contributed by atoms with Gasteiger partial charge in [0, 0.05) is 31.1 Å². The topological polar surface area (TPSA) is 49.3 Å². The lowest BCUT2D eigenvalue weighted by atomic mass is 10.1. The maximum Gasteiger partial charge on any atom is 0.191 e. The summed E-state index contributed by atoms with van der Waals surface area (Å²) in [7, 11) is 1.80. The Kier molecular flexibility index (Phi) is 6.40. The summed E-state index contributed by atoms with van der Waals surface area (Å²) in [5, 5.41) is 10.1. The molecule has 4 nitrogen and oxygen atoms in total. The van der Waals surface area contributed by atoms with E-state index in [0.29, 0.717) is 0 Å². The van der Waals surface area contributed by atoms with Gasteiger partial charge in [-0.05, 0) is 25.8 Å². The van der Waals surface area contributed by atoms with Gasteiger partial charge >= 0.3 is 0 Å². The first-order chi connectivity index (χ1) is 10.7. The quantitative estimate of drug-likeness (QED) is 0.488. The first kappa shape index (κ1) is 16.5. The van der Waals surface area contributed by atoms with Gasteiger partial charge in [0.2, 0.25) is 0 Å². The highest BCUT2D eigenvalue weighted by Gasteiger charge is 2.06. The molecule has 2 N–H and O–H groups in total. The Labute approximate surface area is 136 Å². The summed E-state index contributed by atoms with van der Waals surface area (Å²) in [5.41, 5.74) is 2.37. The molecule has 1 heterocycles. The van der Waals surface area contributed by atoms with Gasteiger partial charge in [0.1, 0.15) is 0 Å². The molecule has 0 amide bonds. The minimum atomic E-state index is 0.231. The van der Waals surface area contributed by atoms with Gasteiger partial charge in [0.15, 0.2) is 5.96 Å². The molecule has 1 aromatic carbocycles. The Bertz CT molecular complexity index is 592. The molecular weight excluding hydrogens is 292 g/mol. The van der Waals surface area contributed by atoms with E-state index in [1.165, 1.54) is 10.6 Å². The molecule has 5 heteroatoms. The standard InChI is InChI=1S/C17H24N4S/c1-13-12-22-16(20-13)10-7-11-19-17(18-3)21-14(2)15-8-5-4-6-9-15/h4-6,8-9,12,14H,7,10-11H2,1-3H3,(H2,18,19,21). The van der Waals surface area contributed by atoms with Crippen molar-refractivity contribution in [3.05, 3.63) is 52.0 Å². The molecule has 1 atom stereocenters. The molecule has 0 bridgehead atoms. The van der Waals surface area contributed by atoms with Crippen molar-refractivity contribution in [1.29, 1.82) is 0 Å². The van der Waals surface area contributed by atoms with Crippen LogP contribution in [0.25, 0.3) is 0 Å². The Morgan fingerprint density at radius 3 is 2.73 bits per heavy atom. The van der Waals surface area contributed by atoms with Crippen LogP contribution in [-0.4, -0.2) is 24.5 Å². The highest BCUT2D eigenvalue weighted by Crippen LogP contribution is 2.11. The molecule has 0 saturated heterocycles. The van der Waals surface area contributed by atoms with Gasteiger partial charge in [0.05, 0.1) is 11.0 Å². The van der Waals surface area contributed by atoms with Crippen molar-refractivity contribution in [2.24, 2.45) is 4.99 Å². The number of aliphatic imine (C=N–C) groups is 1. The van der Waals surface area contributed by atoms with Gasteiger partial charge in [0.25, 0.3) is 0 Å². The zero-order valence-corrected chi connectivity index (χ0v) is 14.3. The number of thiazole rings is 1. The smallest absolute Gasteiger partial charge is 0.191 e. The predicted octanol–water partition coefficient (Wildman–Crippen LogP) is 3.31. The number of nitrogens with one attached hydrogen (secondary N) is 2. The van der Waals surface area contributed by atoms with Crippen LogP contribution in [0.5, 0.6) is 0 Å². The molecule has 2 rings (SSSR count). The van der Waals surface area contributed by atoms with E-state index in [2.05, 4.69) is 57.2 Å². The first-order valence-electron chi connectivity index (χ1n) is 7.62. The SMILES string of the molecule is CN=C(NCCCc1nc(C)cs1)NC(C)c1ccccc1. The number of nitrogens with zero attached hydrogens (tertiary/aromatic N) is 2. The number of aryl methyl sites for hydroxylation is 2. The van der Waals surface area contributed by atoms with E-state index < -0.39 is 0 Å². The van der Waals surface area contributed by atoms with E-state index >= 15 is 0 Å². The number of aromatic nitrogens is 1. The Hall–Kier alpha value is -1.88. The Morgan fingerprint density at radius 1 is 1.32 bits per heavy atom. The molecule has 2 aromatic rings. The Balaban J connectivity index is 1.73. The normalized spacial score (nSPS) is 13.0. The van der Waals surface area contributed by atoms with Gasteiger partial charge < -0.3 is 10.6 Å². The van der Waals surface area contributed by atoms with E-state index in [0.717, 1.165) is 31.0 Å². The monoisotopic (exact) mass is 316 g/mol. The maximum absolute atomic E-state index is 4.48.